The van der Waals surface area contributed by atoms with Gasteiger partial charge >= 0.3 is 0 Å². The van der Waals surface area contributed by atoms with Crippen LogP contribution in [0.5, 0.6) is 0 Å². The molecule has 13 heavy (non-hydrogen) atoms. The quantitative estimate of drug-likeness (QED) is 0.312. The van der Waals surface area contributed by atoms with E-state index >= 15 is 0 Å². The molecule has 0 saturated carbocycles. The molecule has 1 rings (SSSR count). The van der Waals surface area contributed by atoms with E-state index < -0.39 is 24.4 Å². The van der Waals surface area contributed by atoms with Crippen molar-refractivity contribution in [2.24, 2.45) is 0 Å². The fourth-order valence-corrected chi connectivity index (χ4v) is 1.45. The minimum atomic E-state index is -1.25. The van der Waals surface area contributed by atoms with Crippen molar-refractivity contribution in [3.05, 3.63) is 11.6 Å². The van der Waals surface area contributed by atoms with Crippen molar-refractivity contribution in [2.75, 3.05) is 13.7 Å². The van der Waals surface area contributed by atoms with Crippen LogP contribution in [0.15, 0.2) is 11.6 Å². The van der Waals surface area contributed by atoms with E-state index in [0.717, 1.165) is 0 Å². The van der Waals surface area contributed by atoms with E-state index in [1.54, 1.807) is 7.05 Å². The molecule has 0 saturated heterocycles. The van der Waals surface area contributed by atoms with Gasteiger partial charge in [-0.25, -0.2) is 0 Å². The molecule has 1 aliphatic carbocycles. The van der Waals surface area contributed by atoms with Gasteiger partial charge in [0.15, 0.2) is 0 Å². The second-order valence-corrected chi connectivity index (χ2v) is 3.14. The first-order valence-corrected chi connectivity index (χ1v) is 4.14. The molecule has 5 N–H and O–H groups in total. The fourth-order valence-electron chi connectivity index (χ4n) is 1.45. The lowest BCUT2D eigenvalue weighted by atomic mass is 9.88. The molecule has 0 aromatic carbocycles. The first kappa shape index (κ1) is 10.6. The van der Waals surface area contributed by atoms with Crippen molar-refractivity contribution in [2.45, 2.75) is 24.4 Å². The highest BCUT2D eigenvalue weighted by Gasteiger charge is 2.36. The highest BCUT2D eigenvalue weighted by Crippen LogP contribution is 2.19. The van der Waals surface area contributed by atoms with Crippen molar-refractivity contribution < 1.29 is 20.4 Å². The van der Waals surface area contributed by atoms with E-state index in [1.807, 2.05) is 0 Å². The SMILES string of the molecule is CN[C@@H]1C=C(CO)[C@H](O)C(O)[C@@H]1O. The second-order valence-electron chi connectivity index (χ2n) is 3.14. The monoisotopic (exact) mass is 189 g/mol. The van der Waals surface area contributed by atoms with E-state index in [4.69, 9.17) is 5.11 Å². The fraction of sp³-hybridized carbons (Fsp3) is 0.750. The topological polar surface area (TPSA) is 93.0 Å². The Morgan fingerprint density at radius 1 is 1.31 bits per heavy atom. The maximum absolute atomic E-state index is 9.42. The summed E-state index contributed by atoms with van der Waals surface area (Å²) < 4.78 is 0. The lowest BCUT2D eigenvalue weighted by molar-refractivity contribution is -0.0633. The number of aliphatic hydroxyl groups excluding tert-OH is 4. The summed E-state index contributed by atoms with van der Waals surface area (Å²) in [5.41, 5.74) is 0.331. The molecule has 5 heteroatoms. The van der Waals surface area contributed by atoms with Crippen molar-refractivity contribution in [3.8, 4) is 0 Å². The molecule has 76 valence electrons. The summed E-state index contributed by atoms with van der Waals surface area (Å²) in [7, 11) is 1.63. The number of hydrogen-bond acceptors (Lipinski definition) is 5. The molecule has 0 amide bonds. The third-order valence-corrected chi connectivity index (χ3v) is 2.33. The normalized spacial score (nSPS) is 40.2. The standard InChI is InChI=1S/C8H15NO4/c1-9-5-2-4(3-10)6(11)8(13)7(5)12/h2,5-13H,3H2,1H3/t5-,6+,7-,8?/m1/s1. The Balaban J connectivity index is 2.86. The average Bonchev–Trinajstić information content (AvgIpc) is 2.15. The van der Waals surface area contributed by atoms with Crippen LogP contribution in [0.1, 0.15) is 0 Å². The van der Waals surface area contributed by atoms with Gasteiger partial charge in [0.25, 0.3) is 0 Å². The zero-order valence-corrected chi connectivity index (χ0v) is 7.38. The van der Waals surface area contributed by atoms with Crippen LogP contribution in [0.25, 0.3) is 0 Å². The molecule has 5 nitrogen and oxygen atoms in total. The van der Waals surface area contributed by atoms with Crippen LogP contribution in [-0.4, -0.2) is 58.4 Å². The van der Waals surface area contributed by atoms with E-state index in [9.17, 15) is 15.3 Å². The summed E-state index contributed by atoms with van der Waals surface area (Å²) in [6.07, 6.45) is -1.94. The third-order valence-electron chi connectivity index (χ3n) is 2.33. The molecular formula is C8H15NO4. The molecule has 0 bridgehead atoms. The number of rotatable bonds is 2. The minimum Gasteiger partial charge on any atom is -0.392 e. The van der Waals surface area contributed by atoms with Crippen LogP contribution in [0.3, 0.4) is 0 Å². The molecule has 0 radical (unpaired) electrons. The molecule has 0 spiro atoms. The van der Waals surface area contributed by atoms with Crippen molar-refractivity contribution in [1.29, 1.82) is 0 Å². The first-order valence-electron chi connectivity index (χ1n) is 4.14. The lowest BCUT2D eigenvalue weighted by Gasteiger charge is -2.33. The smallest absolute Gasteiger partial charge is 0.111 e. The maximum Gasteiger partial charge on any atom is 0.111 e. The van der Waals surface area contributed by atoms with Crippen LogP contribution in [-0.2, 0) is 0 Å². The Morgan fingerprint density at radius 3 is 2.38 bits per heavy atom. The van der Waals surface area contributed by atoms with E-state index in [1.165, 1.54) is 6.08 Å². The van der Waals surface area contributed by atoms with Gasteiger partial charge in [0.2, 0.25) is 0 Å². The number of hydrogen-bond donors (Lipinski definition) is 5. The number of likely N-dealkylation sites (N-methyl/N-ethyl adjacent to an activating group) is 1. The zero-order chi connectivity index (χ0) is 10.0. The van der Waals surface area contributed by atoms with Crippen molar-refractivity contribution in [3.63, 3.8) is 0 Å². The van der Waals surface area contributed by atoms with Crippen LogP contribution < -0.4 is 5.32 Å². The summed E-state index contributed by atoms with van der Waals surface area (Å²) in [4.78, 5) is 0. The van der Waals surface area contributed by atoms with Crippen molar-refractivity contribution >= 4 is 0 Å². The molecular weight excluding hydrogens is 174 g/mol. The predicted molar refractivity (Wildman–Crippen MR) is 46.0 cm³/mol. The first-order chi connectivity index (χ1) is 6.11. The summed E-state index contributed by atoms with van der Waals surface area (Å²) in [5.74, 6) is 0. The highest BCUT2D eigenvalue weighted by molar-refractivity contribution is 5.21. The summed E-state index contributed by atoms with van der Waals surface area (Å²) in [5, 5.41) is 39.7. The van der Waals surface area contributed by atoms with Gasteiger partial charge in [-0.2, -0.15) is 0 Å². The second kappa shape index (κ2) is 4.17. The number of aliphatic hydroxyl groups is 4. The van der Waals surface area contributed by atoms with Crippen LogP contribution in [0.2, 0.25) is 0 Å². The van der Waals surface area contributed by atoms with Gasteiger partial charge in [-0.1, -0.05) is 6.08 Å². The Labute approximate surface area is 76.3 Å². The molecule has 0 heterocycles. The van der Waals surface area contributed by atoms with Gasteiger partial charge < -0.3 is 25.7 Å². The summed E-state index contributed by atoms with van der Waals surface area (Å²) in [6.45, 7) is -0.316. The van der Waals surface area contributed by atoms with E-state index in [0.29, 0.717) is 5.57 Å². The summed E-state index contributed by atoms with van der Waals surface area (Å²) >= 11 is 0. The number of nitrogens with one attached hydrogen (secondary N) is 1. The maximum atomic E-state index is 9.42. The van der Waals surface area contributed by atoms with Crippen molar-refractivity contribution in [1.82, 2.24) is 5.32 Å². The molecule has 1 unspecified atom stereocenters. The molecule has 0 aliphatic heterocycles. The minimum absolute atomic E-state index is 0.316. The van der Waals surface area contributed by atoms with Gasteiger partial charge in [-0.3, -0.25) is 0 Å². The largest absolute Gasteiger partial charge is 0.392 e. The van der Waals surface area contributed by atoms with Gasteiger partial charge in [-0.15, -0.1) is 0 Å². The molecule has 4 atom stereocenters. The molecule has 0 aromatic heterocycles. The highest BCUT2D eigenvalue weighted by atomic mass is 16.4. The van der Waals surface area contributed by atoms with Gasteiger partial charge in [0.1, 0.15) is 18.3 Å². The van der Waals surface area contributed by atoms with E-state index in [-0.39, 0.29) is 6.61 Å². The molecule has 0 aromatic rings. The predicted octanol–water partition coefficient (Wildman–Crippen LogP) is -2.41. The van der Waals surface area contributed by atoms with Crippen LogP contribution in [0, 0.1) is 0 Å². The van der Waals surface area contributed by atoms with E-state index in [2.05, 4.69) is 5.32 Å². The lowest BCUT2D eigenvalue weighted by Crippen LogP contribution is -2.53. The third kappa shape index (κ3) is 1.90. The van der Waals surface area contributed by atoms with Gasteiger partial charge in [0.05, 0.1) is 12.6 Å². The Bertz CT molecular complexity index is 206. The zero-order valence-electron chi connectivity index (χ0n) is 7.38. The molecule has 1 aliphatic rings. The average molecular weight is 189 g/mol. The summed E-state index contributed by atoms with van der Waals surface area (Å²) in [6, 6.07) is -0.430. The molecule has 0 fully saturated rings. The Hall–Kier alpha value is -0.460. The van der Waals surface area contributed by atoms with Crippen LogP contribution >= 0.6 is 0 Å². The van der Waals surface area contributed by atoms with Gasteiger partial charge in [-0.05, 0) is 12.6 Å². The Kier molecular flexibility index (Phi) is 3.40. The van der Waals surface area contributed by atoms with Crippen LogP contribution in [0.4, 0.5) is 0 Å². The van der Waals surface area contributed by atoms with Gasteiger partial charge in [0, 0.05) is 0 Å². The Morgan fingerprint density at radius 2 is 1.92 bits per heavy atom.